The molecule has 1 aliphatic carbocycles. The van der Waals surface area contributed by atoms with Gasteiger partial charge in [-0.3, -0.25) is 5.41 Å². The zero-order valence-electron chi connectivity index (χ0n) is 19.9. The van der Waals surface area contributed by atoms with Gasteiger partial charge in [0.25, 0.3) is 0 Å². The third-order valence-corrected chi connectivity index (χ3v) is 5.19. The molecule has 1 aromatic carbocycles. The molecule has 1 saturated carbocycles. The number of anilines is 2. The predicted octanol–water partition coefficient (Wildman–Crippen LogP) is 4.57. The molecule has 2 aromatic heterocycles. The standard InChI is InChI=1S/C19H19FN6.C5H11N.CH2F2/c1-11-6-15(20)10-26-19(11)25-8-12-2-4-13(5-3-12)14-7-16(17(21)22)18(23)24-9-14;1-6-4-5-2-3-5;2-1-3/h2-7,9-10H,8H2,1H3,(H3,21,22)(H2,23,24)(H,25,26);5-6H,2-4H2,1H3;1H2. The van der Waals surface area contributed by atoms with Crippen LogP contribution < -0.4 is 22.1 Å². The monoisotopic (exact) mass is 487 g/mol. The molecule has 2 heterocycles. The van der Waals surface area contributed by atoms with Crippen LogP contribution in [0.3, 0.4) is 0 Å². The van der Waals surface area contributed by atoms with Gasteiger partial charge in [0.1, 0.15) is 23.3 Å². The van der Waals surface area contributed by atoms with Gasteiger partial charge in [0.05, 0.1) is 11.8 Å². The van der Waals surface area contributed by atoms with Crippen LogP contribution in [0.4, 0.5) is 24.8 Å². The number of aromatic nitrogens is 2. The van der Waals surface area contributed by atoms with Crippen molar-refractivity contribution in [1.29, 1.82) is 5.41 Å². The van der Waals surface area contributed by atoms with Crippen molar-refractivity contribution in [3.05, 3.63) is 71.3 Å². The summed E-state index contributed by atoms with van der Waals surface area (Å²) in [6.07, 6.45) is 5.77. The van der Waals surface area contributed by atoms with E-state index in [2.05, 4.69) is 20.6 Å². The molecule has 0 aliphatic heterocycles. The lowest BCUT2D eigenvalue weighted by Crippen LogP contribution is -2.14. The van der Waals surface area contributed by atoms with Crippen LogP contribution in [-0.4, -0.2) is 36.3 Å². The molecule has 0 atom stereocenters. The lowest BCUT2D eigenvalue weighted by molar-refractivity contribution is 0.295. The summed E-state index contributed by atoms with van der Waals surface area (Å²) < 4.78 is 32.3. The molecule has 35 heavy (non-hydrogen) atoms. The van der Waals surface area contributed by atoms with E-state index in [-0.39, 0.29) is 17.5 Å². The van der Waals surface area contributed by atoms with Crippen LogP contribution in [0.2, 0.25) is 0 Å². The Morgan fingerprint density at radius 3 is 2.26 bits per heavy atom. The number of nitrogens with two attached hydrogens (primary N) is 2. The zero-order chi connectivity index (χ0) is 25.8. The third-order valence-electron chi connectivity index (χ3n) is 5.19. The molecule has 0 bridgehead atoms. The van der Waals surface area contributed by atoms with Crippen LogP contribution in [0, 0.1) is 24.1 Å². The van der Waals surface area contributed by atoms with Crippen molar-refractivity contribution < 1.29 is 13.2 Å². The Morgan fingerprint density at radius 1 is 1.09 bits per heavy atom. The molecule has 0 unspecified atom stereocenters. The maximum Gasteiger partial charge on any atom is 0.229 e. The molecule has 1 aliphatic rings. The minimum Gasteiger partial charge on any atom is -0.384 e. The number of pyridine rings is 2. The van der Waals surface area contributed by atoms with Gasteiger partial charge < -0.3 is 22.1 Å². The van der Waals surface area contributed by atoms with E-state index in [4.69, 9.17) is 16.9 Å². The van der Waals surface area contributed by atoms with E-state index in [1.807, 2.05) is 38.2 Å². The number of alkyl halides is 2. The average molecular weight is 488 g/mol. The minimum atomic E-state index is -1.75. The molecule has 7 N–H and O–H groups in total. The number of nitrogens with one attached hydrogen (secondary N) is 3. The molecule has 0 amide bonds. The highest BCUT2D eigenvalue weighted by atomic mass is 19.3. The molecule has 0 radical (unpaired) electrons. The summed E-state index contributed by atoms with van der Waals surface area (Å²) in [6.45, 7) is 1.86. The fraction of sp³-hybridized carbons (Fsp3) is 0.320. The van der Waals surface area contributed by atoms with Gasteiger partial charge in [-0.2, -0.15) is 0 Å². The van der Waals surface area contributed by atoms with E-state index in [1.165, 1.54) is 31.6 Å². The average Bonchev–Trinajstić information content (AvgIpc) is 3.65. The highest BCUT2D eigenvalue weighted by Gasteiger charge is 2.19. The van der Waals surface area contributed by atoms with Crippen molar-refractivity contribution >= 4 is 17.5 Å². The normalized spacial score (nSPS) is 12.0. The summed E-state index contributed by atoms with van der Waals surface area (Å²) in [5.74, 6) is 1.47. The molecular weight excluding hydrogens is 455 g/mol. The van der Waals surface area contributed by atoms with Gasteiger partial charge in [-0.05, 0) is 68.1 Å². The van der Waals surface area contributed by atoms with Crippen LogP contribution in [0.5, 0.6) is 0 Å². The smallest absolute Gasteiger partial charge is 0.229 e. The highest BCUT2D eigenvalue weighted by molar-refractivity contribution is 6.00. The number of nitrogens with zero attached hydrogens (tertiary/aromatic N) is 2. The highest BCUT2D eigenvalue weighted by Crippen LogP contribution is 2.27. The molecule has 0 spiro atoms. The predicted molar refractivity (Wildman–Crippen MR) is 135 cm³/mol. The van der Waals surface area contributed by atoms with Gasteiger partial charge in [0, 0.05) is 18.3 Å². The second-order valence-corrected chi connectivity index (χ2v) is 8.04. The first kappa shape index (κ1) is 27.6. The fourth-order valence-electron chi connectivity index (χ4n) is 3.19. The van der Waals surface area contributed by atoms with Gasteiger partial charge >= 0.3 is 0 Å². The summed E-state index contributed by atoms with van der Waals surface area (Å²) in [5, 5.41) is 13.9. The van der Waals surface area contributed by atoms with Crippen LogP contribution >= 0.6 is 0 Å². The number of amidine groups is 1. The van der Waals surface area contributed by atoms with E-state index in [0.29, 0.717) is 17.9 Å². The van der Waals surface area contributed by atoms with Crippen molar-refractivity contribution in [1.82, 2.24) is 15.3 Å². The maximum atomic E-state index is 13.1. The Bertz CT molecular complexity index is 1090. The Morgan fingerprint density at radius 2 is 1.74 bits per heavy atom. The second-order valence-electron chi connectivity index (χ2n) is 8.04. The van der Waals surface area contributed by atoms with Crippen molar-refractivity contribution in [2.45, 2.75) is 26.3 Å². The number of benzene rings is 1. The van der Waals surface area contributed by atoms with E-state index >= 15 is 0 Å². The largest absolute Gasteiger partial charge is 0.384 e. The SMILES string of the molecule is CNCC1CC1.Cc1cc(F)cnc1NCc1ccc(-c2cnc(N)c(C(=N)N)c2)cc1.FCF. The molecular formula is C25H32F3N7. The summed E-state index contributed by atoms with van der Waals surface area (Å²) in [7, 11) is 2.01. The van der Waals surface area contributed by atoms with Crippen LogP contribution in [0.15, 0.2) is 48.8 Å². The van der Waals surface area contributed by atoms with E-state index < -0.39 is 6.93 Å². The molecule has 3 aromatic rings. The third kappa shape index (κ3) is 9.24. The molecule has 10 heteroatoms. The quantitative estimate of drug-likeness (QED) is 0.246. The molecule has 7 nitrogen and oxygen atoms in total. The number of rotatable bonds is 7. The lowest BCUT2D eigenvalue weighted by atomic mass is 10.0. The number of hydrogen-bond acceptors (Lipinski definition) is 6. The van der Waals surface area contributed by atoms with Gasteiger partial charge in [0.15, 0.2) is 0 Å². The zero-order valence-corrected chi connectivity index (χ0v) is 19.9. The minimum absolute atomic E-state index is 0.111. The van der Waals surface area contributed by atoms with Gasteiger partial charge in [-0.1, -0.05) is 24.3 Å². The number of halogens is 3. The molecule has 4 rings (SSSR count). The van der Waals surface area contributed by atoms with Gasteiger partial charge in [0.2, 0.25) is 6.93 Å². The lowest BCUT2D eigenvalue weighted by Gasteiger charge is -2.10. The Balaban J connectivity index is 0.000000406. The van der Waals surface area contributed by atoms with Crippen LogP contribution in [0.25, 0.3) is 11.1 Å². The summed E-state index contributed by atoms with van der Waals surface area (Å²) in [4.78, 5) is 8.15. The second kappa shape index (κ2) is 13.9. The van der Waals surface area contributed by atoms with Crippen molar-refractivity contribution in [3.8, 4) is 11.1 Å². The van der Waals surface area contributed by atoms with Crippen molar-refractivity contribution in [2.75, 3.05) is 31.6 Å². The van der Waals surface area contributed by atoms with Gasteiger partial charge in [-0.25, -0.2) is 23.1 Å². The number of aryl methyl sites for hydroxylation is 1. The van der Waals surface area contributed by atoms with Gasteiger partial charge in [-0.15, -0.1) is 0 Å². The fourth-order valence-corrected chi connectivity index (χ4v) is 3.19. The maximum absolute atomic E-state index is 13.1. The number of hydrogen-bond donors (Lipinski definition) is 5. The van der Waals surface area contributed by atoms with E-state index in [0.717, 1.165) is 28.2 Å². The Labute approximate surface area is 203 Å². The summed E-state index contributed by atoms with van der Waals surface area (Å²) in [5.41, 5.74) is 15.3. The Kier molecular flexibility index (Phi) is 11.0. The number of nitrogen functional groups attached to an aromatic ring is 2. The van der Waals surface area contributed by atoms with E-state index in [9.17, 15) is 13.2 Å². The van der Waals surface area contributed by atoms with E-state index in [1.54, 1.807) is 12.3 Å². The molecule has 188 valence electrons. The Hall–Kier alpha value is -3.66. The molecule has 0 saturated heterocycles. The first-order valence-electron chi connectivity index (χ1n) is 11.1. The first-order chi connectivity index (χ1) is 16.8. The summed E-state index contributed by atoms with van der Waals surface area (Å²) >= 11 is 0. The topological polar surface area (TPSA) is 126 Å². The van der Waals surface area contributed by atoms with Crippen molar-refractivity contribution in [2.24, 2.45) is 11.7 Å². The summed E-state index contributed by atoms with van der Waals surface area (Å²) in [6, 6.07) is 11.1. The van der Waals surface area contributed by atoms with Crippen molar-refractivity contribution in [3.63, 3.8) is 0 Å². The van der Waals surface area contributed by atoms with Crippen LogP contribution in [0.1, 0.15) is 29.5 Å². The molecule has 1 fully saturated rings. The first-order valence-corrected chi connectivity index (χ1v) is 11.1. The van der Waals surface area contributed by atoms with Crippen LogP contribution in [-0.2, 0) is 6.54 Å².